The Hall–Kier alpha value is -2.97. The number of urea groups is 1. The number of carbonyl (C=O) groups is 2. The average Bonchev–Trinajstić information content (AvgIpc) is 2.95. The first kappa shape index (κ1) is 24.2. The van der Waals surface area contributed by atoms with Crippen molar-refractivity contribution in [1.29, 1.82) is 0 Å². The molecule has 2 aliphatic rings. The molecule has 1 fully saturated rings. The molecule has 0 radical (unpaired) electrons. The fourth-order valence-corrected chi connectivity index (χ4v) is 4.92. The maximum Gasteiger partial charge on any atom is 0.327 e. The predicted octanol–water partition coefficient (Wildman–Crippen LogP) is 4.08. The van der Waals surface area contributed by atoms with Gasteiger partial charge < -0.3 is 15.5 Å². The molecule has 34 heavy (non-hydrogen) atoms. The van der Waals surface area contributed by atoms with E-state index in [2.05, 4.69) is 39.5 Å². The highest BCUT2D eigenvalue weighted by Crippen LogP contribution is 2.36. The summed E-state index contributed by atoms with van der Waals surface area (Å²) in [6.07, 6.45) is 8.66. The number of aromatic nitrogens is 1. The van der Waals surface area contributed by atoms with Crippen LogP contribution >= 0.6 is 0 Å². The number of nitrogens with zero attached hydrogens (tertiary/aromatic N) is 4. The Kier molecular flexibility index (Phi) is 8.13. The molecular weight excluding hydrogens is 428 g/mol. The van der Waals surface area contributed by atoms with Crippen molar-refractivity contribution in [2.45, 2.75) is 44.6 Å². The molecule has 1 aromatic heterocycles. The van der Waals surface area contributed by atoms with Gasteiger partial charge in [-0.1, -0.05) is 25.0 Å². The molecular formula is C26H36N6O2. The van der Waals surface area contributed by atoms with Gasteiger partial charge in [0.25, 0.3) is 5.91 Å². The highest BCUT2D eigenvalue weighted by atomic mass is 16.2. The number of nitrogens with one attached hydrogen (secondary N) is 2. The predicted molar refractivity (Wildman–Crippen MR) is 136 cm³/mol. The van der Waals surface area contributed by atoms with E-state index < -0.39 is 0 Å². The molecule has 8 heteroatoms. The van der Waals surface area contributed by atoms with Crippen molar-refractivity contribution < 1.29 is 9.59 Å². The van der Waals surface area contributed by atoms with Crippen molar-refractivity contribution in [3.63, 3.8) is 0 Å². The molecule has 1 aromatic carbocycles. The number of carbonyl (C=O) groups excluding carboxylic acids is 2. The summed E-state index contributed by atoms with van der Waals surface area (Å²) in [6.45, 7) is 4.03. The number of para-hydroxylation sites is 1. The minimum absolute atomic E-state index is 0.245. The summed E-state index contributed by atoms with van der Waals surface area (Å²) in [5.41, 5.74) is 1.50. The third-order valence-electron chi connectivity index (χ3n) is 6.56. The van der Waals surface area contributed by atoms with Gasteiger partial charge in [0.2, 0.25) is 0 Å². The van der Waals surface area contributed by atoms with Crippen LogP contribution in [0.25, 0.3) is 0 Å². The molecule has 1 unspecified atom stereocenters. The van der Waals surface area contributed by atoms with E-state index in [-0.39, 0.29) is 11.9 Å². The maximum absolute atomic E-state index is 13.2. The topological polar surface area (TPSA) is 80.8 Å². The fraction of sp³-hybridized carbons (Fsp3) is 0.500. The molecule has 3 heterocycles. The van der Waals surface area contributed by atoms with E-state index >= 15 is 0 Å². The zero-order valence-corrected chi connectivity index (χ0v) is 20.3. The standard InChI is InChI=1S/C26H36N6O2/c1-30(2)19-20-11-6-9-18-31(20)17-8-3-7-15-28-26(34)32-23-14-5-4-12-21(23)25(33)29-22-13-10-16-27-24(22)32/h4-5,10,12-14,16,20H,3,6-9,11,15,17-19H2,1-2H3,(H,28,34)(H,29,33). The Bertz CT molecular complexity index is 995. The van der Waals surface area contributed by atoms with Crippen LogP contribution in [0.5, 0.6) is 0 Å². The number of anilines is 3. The summed E-state index contributed by atoms with van der Waals surface area (Å²) in [7, 11) is 4.30. The second-order valence-electron chi connectivity index (χ2n) is 9.42. The Morgan fingerprint density at radius 2 is 2.00 bits per heavy atom. The molecule has 0 aliphatic carbocycles. The molecule has 4 rings (SSSR count). The SMILES string of the molecule is CN(C)CC1CCCCN1CCCCCNC(=O)N1c2ccccc2C(=O)Nc2cccnc21. The fourth-order valence-electron chi connectivity index (χ4n) is 4.92. The van der Waals surface area contributed by atoms with Crippen molar-refractivity contribution in [3.8, 4) is 0 Å². The Morgan fingerprint density at radius 3 is 2.85 bits per heavy atom. The van der Waals surface area contributed by atoms with Crippen LogP contribution in [0.3, 0.4) is 0 Å². The van der Waals surface area contributed by atoms with Gasteiger partial charge in [-0.3, -0.25) is 9.69 Å². The lowest BCUT2D eigenvalue weighted by molar-refractivity contribution is 0.102. The smallest absolute Gasteiger partial charge is 0.327 e. The molecule has 2 aromatic rings. The van der Waals surface area contributed by atoms with Crippen molar-refractivity contribution in [3.05, 3.63) is 48.2 Å². The number of unbranched alkanes of at least 4 members (excludes halogenated alkanes) is 2. The normalized spacial score (nSPS) is 18.1. The van der Waals surface area contributed by atoms with Crippen LogP contribution in [-0.4, -0.2) is 73.0 Å². The summed E-state index contributed by atoms with van der Waals surface area (Å²) in [5.74, 6) is 0.181. The van der Waals surface area contributed by atoms with E-state index in [9.17, 15) is 9.59 Å². The van der Waals surface area contributed by atoms with Crippen LogP contribution in [0.15, 0.2) is 42.6 Å². The second kappa shape index (κ2) is 11.4. The molecule has 0 spiro atoms. The molecule has 3 amide bonds. The third kappa shape index (κ3) is 5.74. The van der Waals surface area contributed by atoms with E-state index in [0.29, 0.717) is 35.3 Å². The number of piperidine rings is 1. The largest absolute Gasteiger partial charge is 0.337 e. The van der Waals surface area contributed by atoms with Gasteiger partial charge in [0.15, 0.2) is 5.82 Å². The van der Waals surface area contributed by atoms with Crippen molar-refractivity contribution in [2.24, 2.45) is 0 Å². The number of hydrogen-bond donors (Lipinski definition) is 2. The van der Waals surface area contributed by atoms with Gasteiger partial charge in [-0.15, -0.1) is 0 Å². The highest BCUT2D eigenvalue weighted by molar-refractivity contribution is 6.16. The van der Waals surface area contributed by atoms with Gasteiger partial charge in [0.05, 0.1) is 16.9 Å². The number of amides is 3. The summed E-state index contributed by atoms with van der Waals surface area (Å²) >= 11 is 0. The number of likely N-dealkylation sites (N-methyl/N-ethyl adjacent to an activating group) is 1. The minimum atomic E-state index is -0.272. The van der Waals surface area contributed by atoms with Crippen LogP contribution in [0.2, 0.25) is 0 Å². The number of hydrogen-bond acceptors (Lipinski definition) is 5. The van der Waals surface area contributed by atoms with Crippen molar-refractivity contribution in [1.82, 2.24) is 20.1 Å². The lowest BCUT2D eigenvalue weighted by atomic mass is 10.0. The average molecular weight is 465 g/mol. The van der Waals surface area contributed by atoms with Crippen LogP contribution < -0.4 is 15.5 Å². The maximum atomic E-state index is 13.2. The van der Waals surface area contributed by atoms with Gasteiger partial charge in [0, 0.05) is 25.3 Å². The number of fused-ring (bicyclic) bond motifs is 2. The lowest BCUT2D eigenvalue weighted by Gasteiger charge is -2.37. The molecule has 2 N–H and O–H groups in total. The quantitative estimate of drug-likeness (QED) is 0.576. The number of likely N-dealkylation sites (tertiary alicyclic amines) is 1. The summed E-state index contributed by atoms with van der Waals surface area (Å²) in [6, 6.07) is 11.0. The Morgan fingerprint density at radius 1 is 1.15 bits per heavy atom. The molecule has 8 nitrogen and oxygen atoms in total. The van der Waals surface area contributed by atoms with Crippen molar-refractivity contribution in [2.75, 3.05) is 50.5 Å². The van der Waals surface area contributed by atoms with E-state index in [4.69, 9.17) is 0 Å². The molecule has 2 aliphatic heterocycles. The van der Waals surface area contributed by atoms with Gasteiger partial charge >= 0.3 is 6.03 Å². The number of benzene rings is 1. The van der Waals surface area contributed by atoms with Gasteiger partial charge in [-0.05, 0) is 77.1 Å². The zero-order chi connectivity index (χ0) is 23.9. The van der Waals surface area contributed by atoms with E-state index in [1.165, 1.54) is 30.7 Å². The first-order valence-electron chi connectivity index (χ1n) is 12.4. The Balaban J connectivity index is 1.31. The van der Waals surface area contributed by atoms with Gasteiger partial charge in [-0.25, -0.2) is 14.7 Å². The van der Waals surface area contributed by atoms with Crippen LogP contribution in [0.1, 0.15) is 48.9 Å². The van der Waals surface area contributed by atoms with Crippen LogP contribution in [0.4, 0.5) is 22.0 Å². The van der Waals surface area contributed by atoms with E-state index in [1.807, 2.05) is 6.07 Å². The van der Waals surface area contributed by atoms with Crippen molar-refractivity contribution >= 4 is 29.1 Å². The van der Waals surface area contributed by atoms with E-state index in [1.54, 1.807) is 36.5 Å². The molecule has 182 valence electrons. The first-order chi connectivity index (χ1) is 16.5. The third-order valence-corrected chi connectivity index (χ3v) is 6.56. The molecule has 1 atom stereocenters. The lowest BCUT2D eigenvalue weighted by Crippen LogP contribution is -2.45. The summed E-state index contributed by atoms with van der Waals surface area (Å²) < 4.78 is 0. The zero-order valence-electron chi connectivity index (χ0n) is 20.3. The molecule has 1 saturated heterocycles. The second-order valence-corrected chi connectivity index (χ2v) is 9.42. The van der Waals surface area contributed by atoms with Gasteiger partial charge in [0.1, 0.15) is 0 Å². The minimum Gasteiger partial charge on any atom is -0.337 e. The van der Waals surface area contributed by atoms with Crippen LogP contribution in [-0.2, 0) is 0 Å². The molecule has 0 saturated carbocycles. The number of rotatable bonds is 8. The first-order valence-corrected chi connectivity index (χ1v) is 12.4. The molecule has 0 bridgehead atoms. The monoisotopic (exact) mass is 464 g/mol. The summed E-state index contributed by atoms with van der Waals surface area (Å²) in [4.78, 5) is 36.7. The highest BCUT2D eigenvalue weighted by Gasteiger charge is 2.30. The number of pyridine rings is 1. The van der Waals surface area contributed by atoms with Gasteiger partial charge in [-0.2, -0.15) is 0 Å². The summed E-state index contributed by atoms with van der Waals surface area (Å²) in [5, 5.41) is 5.90. The van der Waals surface area contributed by atoms with E-state index in [0.717, 1.165) is 32.4 Å². The Labute approximate surface area is 202 Å². The van der Waals surface area contributed by atoms with Crippen LogP contribution in [0, 0.1) is 0 Å².